The Balaban J connectivity index is 2.10. The summed E-state index contributed by atoms with van der Waals surface area (Å²) < 4.78 is 13.2. The molecule has 0 aliphatic rings. The first kappa shape index (κ1) is 18.5. The van der Waals surface area contributed by atoms with Crippen LogP contribution in [0.1, 0.15) is 40.2 Å². The maximum Gasteiger partial charge on any atom is 0.285 e. The summed E-state index contributed by atoms with van der Waals surface area (Å²) in [6, 6.07) is 7.69. The van der Waals surface area contributed by atoms with E-state index in [1.54, 1.807) is 6.20 Å². The van der Waals surface area contributed by atoms with Gasteiger partial charge < -0.3 is 9.47 Å². The van der Waals surface area contributed by atoms with Crippen molar-refractivity contribution in [2.24, 2.45) is 0 Å². The smallest absolute Gasteiger partial charge is 0.285 e. The van der Waals surface area contributed by atoms with E-state index in [4.69, 9.17) is 9.47 Å². The van der Waals surface area contributed by atoms with Crippen LogP contribution in [0.4, 0.5) is 0 Å². The molecule has 0 bridgehead atoms. The molecule has 130 valence electrons. The van der Waals surface area contributed by atoms with Gasteiger partial charge in [-0.1, -0.05) is 12.1 Å². The molecule has 0 aliphatic carbocycles. The van der Waals surface area contributed by atoms with Crippen molar-refractivity contribution in [2.75, 3.05) is 0 Å². The van der Waals surface area contributed by atoms with Crippen LogP contribution in [0, 0.1) is 0 Å². The molecule has 2 aromatic rings. The van der Waals surface area contributed by atoms with Gasteiger partial charge in [-0.15, -0.1) is 0 Å². The molecule has 0 atom stereocenters. The molecule has 0 N–H and O–H groups in total. The summed E-state index contributed by atoms with van der Waals surface area (Å²) in [6.07, 6.45) is 1.70. The topological polar surface area (TPSA) is 53.4 Å². The predicted molar refractivity (Wildman–Crippen MR) is 97.7 cm³/mol. The minimum absolute atomic E-state index is 0.142. The van der Waals surface area contributed by atoms with Crippen molar-refractivity contribution < 1.29 is 9.47 Å². The van der Waals surface area contributed by atoms with E-state index in [2.05, 4.69) is 21.0 Å². The van der Waals surface area contributed by atoms with Crippen LogP contribution in [0.2, 0.25) is 0 Å². The van der Waals surface area contributed by atoms with Gasteiger partial charge in [0.25, 0.3) is 5.56 Å². The summed E-state index contributed by atoms with van der Waals surface area (Å²) in [6.45, 7) is 10.1. The predicted octanol–water partition coefficient (Wildman–Crippen LogP) is 4.13. The van der Waals surface area contributed by atoms with Crippen LogP contribution in [0.5, 0.6) is 11.5 Å². The Kier molecular flexibility index (Phi) is 5.70. The SMILES string of the molecule is CC(C)Oc1ccc(COc2cnn(C(C)(C)C)c(=O)c2Br)cc1. The lowest BCUT2D eigenvalue weighted by molar-refractivity contribution is 0.242. The van der Waals surface area contributed by atoms with Crippen molar-refractivity contribution in [3.05, 3.63) is 50.9 Å². The lowest BCUT2D eigenvalue weighted by Gasteiger charge is -2.21. The second-order valence-corrected chi connectivity index (χ2v) is 7.60. The van der Waals surface area contributed by atoms with Crippen LogP contribution in [-0.4, -0.2) is 15.9 Å². The van der Waals surface area contributed by atoms with Gasteiger partial charge in [0.2, 0.25) is 0 Å². The quantitative estimate of drug-likeness (QED) is 0.764. The van der Waals surface area contributed by atoms with Gasteiger partial charge in [0, 0.05) is 0 Å². The van der Waals surface area contributed by atoms with Crippen molar-refractivity contribution >= 4 is 15.9 Å². The summed E-state index contributed by atoms with van der Waals surface area (Å²) in [4.78, 5) is 12.4. The van der Waals surface area contributed by atoms with Crippen molar-refractivity contribution in [2.45, 2.75) is 52.9 Å². The Morgan fingerprint density at radius 3 is 2.38 bits per heavy atom. The molecule has 1 aromatic carbocycles. The van der Waals surface area contributed by atoms with Crippen LogP contribution in [0.15, 0.2) is 39.7 Å². The van der Waals surface area contributed by atoms with Gasteiger partial charge in [0.15, 0.2) is 5.75 Å². The second kappa shape index (κ2) is 7.38. The van der Waals surface area contributed by atoms with Crippen LogP contribution in [0.3, 0.4) is 0 Å². The van der Waals surface area contributed by atoms with Gasteiger partial charge >= 0.3 is 0 Å². The zero-order chi connectivity index (χ0) is 17.9. The zero-order valence-electron chi connectivity index (χ0n) is 14.7. The van der Waals surface area contributed by atoms with E-state index in [0.717, 1.165) is 11.3 Å². The fourth-order valence-corrected chi connectivity index (χ4v) is 2.48. The first-order valence-corrected chi connectivity index (χ1v) is 8.64. The molecule has 0 unspecified atom stereocenters. The highest BCUT2D eigenvalue weighted by Crippen LogP contribution is 2.23. The highest BCUT2D eigenvalue weighted by atomic mass is 79.9. The van der Waals surface area contributed by atoms with Gasteiger partial charge in [-0.3, -0.25) is 4.79 Å². The fourth-order valence-electron chi connectivity index (χ4n) is 2.09. The average Bonchev–Trinajstić information content (AvgIpc) is 2.48. The van der Waals surface area contributed by atoms with E-state index in [0.29, 0.717) is 16.8 Å². The summed E-state index contributed by atoms with van der Waals surface area (Å²) in [5.74, 6) is 1.26. The molecule has 1 aromatic heterocycles. The largest absolute Gasteiger partial charge is 0.491 e. The van der Waals surface area contributed by atoms with Crippen LogP contribution < -0.4 is 15.0 Å². The number of aromatic nitrogens is 2. The normalized spacial score (nSPS) is 11.6. The number of halogens is 1. The molecule has 6 heteroatoms. The molecule has 0 spiro atoms. The van der Waals surface area contributed by atoms with E-state index >= 15 is 0 Å². The minimum atomic E-state index is -0.385. The standard InChI is InChI=1S/C18H23BrN2O3/c1-12(2)24-14-8-6-13(7-9-14)11-23-15-10-20-21(18(3,4)5)17(22)16(15)19/h6-10,12H,11H2,1-5H3. The highest BCUT2D eigenvalue weighted by molar-refractivity contribution is 9.10. The number of benzene rings is 1. The van der Waals surface area contributed by atoms with Gasteiger partial charge in [-0.25, -0.2) is 4.68 Å². The lowest BCUT2D eigenvalue weighted by Crippen LogP contribution is -2.36. The summed E-state index contributed by atoms with van der Waals surface area (Å²) >= 11 is 3.32. The molecule has 0 saturated heterocycles. The fraction of sp³-hybridized carbons (Fsp3) is 0.444. The Labute approximate surface area is 150 Å². The molecule has 0 saturated carbocycles. The van der Waals surface area contributed by atoms with Crippen LogP contribution in [0.25, 0.3) is 0 Å². The van der Waals surface area contributed by atoms with E-state index in [1.165, 1.54) is 4.68 Å². The first-order valence-electron chi connectivity index (χ1n) is 7.85. The lowest BCUT2D eigenvalue weighted by atomic mass is 10.1. The molecule has 0 fully saturated rings. The van der Waals surface area contributed by atoms with Crippen LogP contribution in [-0.2, 0) is 12.1 Å². The second-order valence-electron chi connectivity index (χ2n) is 6.81. The van der Waals surface area contributed by atoms with Gasteiger partial charge in [-0.05, 0) is 68.2 Å². The molecule has 0 radical (unpaired) electrons. The van der Waals surface area contributed by atoms with Crippen molar-refractivity contribution in [3.63, 3.8) is 0 Å². The molecular weight excluding hydrogens is 372 g/mol. The monoisotopic (exact) mass is 394 g/mol. The third kappa shape index (κ3) is 4.60. The Bertz CT molecular complexity index is 746. The van der Waals surface area contributed by atoms with Crippen molar-refractivity contribution in [1.29, 1.82) is 0 Å². The molecule has 0 amide bonds. The van der Waals surface area contributed by atoms with Crippen molar-refractivity contribution in [1.82, 2.24) is 9.78 Å². The van der Waals surface area contributed by atoms with Gasteiger partial charge in [0.1, 0.15) is 16.8 Å². The van der Waals surface area contributed by atoms with Gasteiger partial charge in [0.05, 0.1) is 17.8 Å². The molecule has 24 heavy (non-hydrogen) atoms. The molecular formula is C18H23BrN2O3. The third-order valence-corrected chi connectivity index (χ3v) is 3.94. The first-order chi connectivity index (χ1) is 11.2. The molecule has 5 nitrogen and oxygen atoms in total. The molecule has 0 aliphatic heterocycles. The summed E-state index contributed by atoms with van der Waals surface area (Å²) in [5.41, 5.74) is 0.392. The zero-order valence-corrected chi connectivity index (χ0v) is 16.3. The average molecular weight is 395 g/mol. The summed E-state index contributed by atoms with van der Waals surface area (Å²) in [5, 5.41) is 4.20. The van der Waals surface area contributed by atoms with Crippen LogP contribution >= 0.6 is 15.9 Å². The maximum absolute atomic E-state index is 12.4. The van der Waals surface area contributed by atoms with E-state index in [1.807, 2.05) is 58.9 Å². The van der Waals surface area contributed by atoms with E-state index < -0.39 is 0 Å². The number of nitrogens with zero attached hydrogens (tertiary/aromatic N) is 2. The minimum Gasteiger partial charge on any atom is -0.491 e. The number of rotatable bonds is 5. The number of ether oxygens (including phenoxy) is 2. The number of hydrogen-bond acceptors (Lipinski definition) is 4. The molecule has 1 heterocycles. The van der Waals surface area contributed by atoms with Crippen molar-refractivity contribution in [3.8, 4) is 11.5 Å². The van der Waals surface area contributed by atoms with E-state index in [9.17, 15) is 4.79 Å². The summed E-state index contributed by atoms with van der Waals surface area (Å²) in [7, 11) is 0. The molecule has 2 rings (SSSR count). The Morgan fingerprint density at radius 2 is 1.83 bits per heavy atom. The highest BCUT2D eigenvalue weighted by Gasteiger charge is 2.19. The number of hydrogen-bond donors (Lipinski definition) is 0. The Hall–Kier alpha value is -1.82. The van der Waals surface area contributed by atoms with Gasteiger partial charge in [-0.2, -0.15) is 5.10 Å². The third-order valence-electron chi connectivity index (χ3n) is 3.21. The Morgan fingerprint density at radius 1 is 1.21 bits per heavy atom. The maximum atomic E-state index is 12.4. The van der Waals surface area contributed by atoms with E-state index in [-0.39, 0.29) is 17.2 Å².